The number of carbonyl (C=O) groups is 1. The van der Waals surface area contributed by atoms with E-state index >= 15 is 0 Å². The summed E-state index contributed by atoms with van der Waals surface area (Å²) in [4.78, 5) is 12.7. The maximum atomic E-state index is 12.7. The number of rotatable bonds is 5. The summed E-state index contributed by atoms with van der Waals surface area (Å²) in [6.45, 7) is 2.82. The smallest absolute Gasteiger partial charge is 0.237 e. The maximum absolute atomic E-state index is 12.7. The second-order valence-corrected chi connectivity index (χ2v) is 7.64. The Morgan fingerprint density at radius 1 is 1.26 bits per heavy atom. The van der Waals surface area contributed by atoms with Crippen molar-refractivity contribution in [1.82, 2.24) is 26.0 Å². The Morgan fingerprint density at radius 2 is 2.11 bits per heavy atom. The number of hydrogen-bond acceptors (Lipinski definition) is 4. The van der Waals surface area contributed by atoms with E-state index in [9.17, 15) is 4.79 Å². The van der Waals surface area contributed by atoms with E-state index in [0.717, 1.165) is 41.0 Å². The van der Waals surface area contributed by atoms with Gasteiger partial charge in [0.2, 0.25) is 5.91 Å². The number of nitrogens with zero attached hydrogens (tertiary/aromatic N) is 2. The average Bonchev–Trinajstić information content (AvgIpc) is 3.30. The molecule has 2 aromatic carbocycles. The van der Waals surface area contributed by atoms with Crippen LogP contribution in [-0.2, 0) is 11.2 Å². The molecule has 1 saturated heterocycles. The lowest BCUT2D eigenvalue weighted by molar-refractivity contribution is -0.123. The fourth-order valence-electron chi connectivity index (χ4n) is 3.69. The van der Waals surface area contributed by atoms with Crippen molar-refractivity contribution in [2.24, 2.45) is 5.92 Å². The van der Waals surface area contributed by atoms with Crippen molar-refractivity contribution in [3.63, 3.8) is 0 Å². The minimum atomic E-state index is -0.160. The first-order valence-electron chi connectivity index (χ1n) is 9.17. The van der Waals surface area contributed by atoms with Crippen LogP contribution in [0.25, 0.3) is 11.0 Å². The lowest BCUT2D eigenvalue weighted by Crippen LogP contribution is -2.41. The van der Waals surface area contributed by atoms with E-state index in [1.807, 2.05) is 43.3 Å². The molecule has 3 N–H and O–H groups in total. The highest BCUT2D eigenvalue weighted by Gasteiger charge is 2.30. The normalized spacial score (nSPS) is 20.7. The van der Waals surface area contributed by atoms with Crippen LogP contribution in [0.4, 0.5) is 0 Å². The minimum absolute atomic E-state index is 0.0383. The number of hydrogen-bond donors (Lipinski definition) is 3. The van der Waals surface area contributed by atoms with Crippen LogP contribution >= 0.6 is 11.6 Å². The van der Waals surface area contributed by atoms with Gasteiger partial charge in [0.25, 0.3) is 0 Å². The fraction of sp³-hybridized carbons (Fsp3) is 0.350. The summed E-state index contributed by atoms with van der Waals surface area (Å²) in [5.74, 6) is 0.470. The molecule has 0 saturated carbocycles. The van der Waals surface area contributed by atoms with E-state index in [1.165, 1.54) is 5.56 Å². The SMILES string of the molecule is CC(NC(=O)[C@@H]1C[C@H](Cc2cccc(Cl)c2)CN1)c1ccc2n[nH]nc2c1. The molecule has 27 heavy (non-hydrogen) atoms. The number of H-pyrrole nitrogens is 1. The predicted octanol–water partition coefficient (Wildman–Crippen LogP) is 3.01. The van der Waals surface area contributed by atoms with Crippen LogP contribution in [0.1, 0.15) is 30.5 Å². The lowest BCUT2D eigenvalue weighted by Gasteiger charge is -2.18. The quantitative estimate of drug-likeness (QED) is 0.632. The van der Waals surface area contributed by atoms with E-state index in [0.29, 0.717) is 5.92 Å². The molecular weight excluding hydrogens is 362 g/mol. The van der Waals surface area contributed by atoms with Gasteiger partial charge in [-0.2, -0.15) is 15.4 Å². The van der Waals surface area contributed by atoms with E-state index < -0.39 is 0 Å². The highest BCUT2D eigenvalue weighted by Crippen LogP contribution is 2.22. The molecule has 1 amide bonds. The van der Waals surface area contributed by atoms with Gasteiger partial charge in [0, 0.05) is 5.02 Å². The van der Waals surface area contributed by atoms with E-state index in [2.05, 4.69) is 32.1 Å². The molecule has 3 aromatic rings. The second kappa shape index (κ2) is 7.66. The zero-order valence-electron chi connectivity index (χ0n) is 15.1. The van der Waals surface area contributed by atoms with Crippen LogP contribution in [0.15, 0.2) is 42.5 Å². The van der Waals surface area contributed by atoms with Gasteiger partial charge in [-0.25, -0.2) is 0 Å². The summed E-state index contributed by atoms with van der Waals surface area (Å²) < 4.78 is 0. The van der Waals surface area contributed by atoms with E-state index in [-0.39, 0.29) is 18.0 Å². The summed E-state index contributed by atoms with van der Waals surface area (Å²) in [7, 11) is 0. The molecule has 0 radical (unpaired) electrons. The summed E-state index contributed by atoms with van der Waals surface area (Å²) in [5, 5.41) is 18.0. The van der Waals surface area contributed by atoms with Crippen molar-refractivity contribution >= 4 is 28.5 Å². The molecule has 4 rings (SSSR count). The lowest BCUT2D eigenvalue weighted by atomic mass is 9.96. The second-order valence-electron chi connectivity index (χ2n) is 7.20. The van der Waals surface area contributed by atoms with Crippen molar-refractivity contribution < 1.29 is 4.79 Å². The van der Waals surface area contributed by atoms with Crippen molar-refractivity contribution in [1.29, 1.82) is 0 Å². The zero-order valence-corrected chi connectivity index (χ0v) is 15.8. The number of nitrogens with one attached hydrogen (secondary N) is 3. The molecular formula is C20H22ClN5O. The van der Waals surface area contributed by atoms with Crippen LogP contribution in [-0.4, -0.2) is 33.9 Å². The molecule has 0 bridgehead atoms. The van der Waals surface area contributed by atoms with Gasteiger partial charge in [-0.15, -0.1) is 0 Å². The van der Waals surface area contributed by atoms with Crippen molar-refractivity contribution in [3.05, 3.63) is 58.6 Å². The van der Waals surface area contributed by atoms with E-state index in [1.54, 1.807) is 0 Å². The van der Waals surface area contributed by atoms with Gasteiger partial charge in [0.15, 0.2) is 0 Å². The molecule has 140 valence electrons. The number of amides is 1. The number of fused-ring (bicyclic) bond motifs is 1. The van der Waals surface area contributed by atoms with Gasteiger partial charge in [0.05, 0.1) is 12.1 Å². The summed E-state index contributed by atoms with van der Waals surface area (Å²) in [5.41, 5.74) is 3.84. The third-order valence-corrected chi connectivity index (χ3v) is 5.39. The first kappa shape index (κ1) is 17.9. The van der Waals surface area contributed by atoms with Gasteiger partial charge in [-0.05, 0) is 67.6 Å². The Balaban J connectivity index is 1.34. The first-order valence-corrected chi connectivity index (χ1v) is 9.55. The molecule has 7 heteroatoms. The standard InChI is InChI=1S/C20H22ClN5O/c1-12(15-5-6-17-18(10-15)25-26-24-17)23-20(27)19-9-14(11-22-19)7-13-3-2-4-16(21)8-13/h2-6,8,10,12,14,19,22H,7,9,11H2,1H3,(H,23,27)(H,24,25,26)/t12?,14-,19-/m0/s1. The Bertz CT molecular complexity index is 956. The first-order chi connectivity index (χ1) is 13.1. The van der Waals surface area contributed by atoms with Gasteiger partial charge in [0.1, 0.15) is 11.0 Å². The Kier molecular flexibility index (Phi) is 5.09. The van der Waals surface area contributed by atoms with Crippen LogP contribution in [0.3, 0.4) is 0 Å². The molecule has 1 aliphatic rings. The largest absolute Gasteiger partial charge is 0.348 e. The summed E-state index contributed by atoms with van der Waals surface area (Å²) in [6.07, 6.45) is 1.75. The average molecular weight is 384 g/mol. The third kappa shape index (κ3) is 4.12. The zero-order chi connectivity index (χ0) is 18.8. The molecule has 1 unspecified atom stereocenters. The van der Waals surface area contributed by atoms with Gasteiger partial charge >= 0.3 is 0 Å². The van der Waals surface area contributed by atoms with E-state index in [4.69, 9.17) is 11.6 Å². The Labute approximate surface area is 162 Å². The topological polar surface area (TPSA) is 82.7 Å². The third-order valence-electron chi connectivity index (χ3n) is 5.15. The molecule has 3 atom stereocenters. The molecule has 1 fully saturated rings. The Morgan fingerprint density at radius 3 is 2.96 bits per heavy atom. The maximum Gasteiger partial charge on any atom is 0.237 e. The number of carbonyl (C=O) groups excluding carboxylic acids is 1. The minimum Gasteiger partial charge on any atom is -0.348 e. The molecule has 6 nitrogen and oxygen atoms in total. The fourth-order valence-corrected chi connectivity index (χ4v) is 3.90. The molecule has 0 spiro atoms. The number of halogens is 1. The monoisotopic (exact) mass is 383 g/mol. The van der Waals surface area contributed by atoms with Crippen LogP contribution < -0.4 is 10.6 Å². The van der Waals surface area contributed by atoms with Gasteiger partial charge < -0.3 is 10.6 Å². The number of aromatic nitrogens is 3. The highest BCUT2D eigenvalue weighted by molar-refractivity contribution is 6.30. The van der Waals surface area contributed by atoms with Crippen LogP contribution in [0.5, 0.6) is 0 Å². The van der Waals surface area contributed by atoms with Crippen LogP contribution in [0.2, 0.25) is 5.02 Å². The van der Waals surface area contributed by atoms with Crippen LogP contribution in [0, 0.1) is 5.92 Å². The highest BCUT2D eigenvalue weighted by atomic mass is 35.5. The van der Waals surface area contributed by atoms with Gasteiger partial charge in [-0.1, -0.05) is 29.8 Å². The number of aromatic amines is 1. The molecule has 1 aromatic heterocycles. The molecule has 2 heterocycles. The van der Waals surface area contributed by atoms with Crippen molar-refractivity contribution in [2.75, 3.05) is 6.54 Å². The predicted molar refractivity (Wildman–Crippen MR) is 106 cm³/mol. The van der Waals surface area contributed by atoms with Gasteiger partial charge in [-0.3, -0.25) is 4.79 Å². The summed E-state index contributed by atoms with van der Waals surface area (Å²) >= 11 is 6.06. The Hall–Kier alpha value is -2.44. The van der Waals surface area contributed by atoms with Crippen molar-refractivity contribution in [2.45, 2.75) is 31.8 Å². The summed E-state index contributed by atoms with van der Waals surface area (Å²) in [6, 6.07) is 13.5. The molecule has 1 aliphatic heterocycles. The molecule has 0 aliphatic carbocycles. The number of benzene rings is 2. The van der Waals surface area contributed by atoms with Crippen molar-refractivity contribution in [3.8, 4) is 0 Å².